The summed E-state index contributed by atoms with van der Waals surface area (Å²) >= 11 is 0. The zero-order valence-corrected chi connectivity index (χ0v) is 17.6. The van der Waals surface area contributed by atoms with E-state index in [1.54, 1.807) is 19.2 Å². The Hall–Kier alpha value is -2.50. The number of hydrogen-bond donors (Lipinski definition) is 1. The van der Waals surface area contributed by atoms with Gasteiger partial charge in [-0.1, -0.05) is 36.9 Å². The van der Waals surface area contributed by atoms with Gasteiger partial charge < -0.3 is 5.32 Å². The summed E-state index contributed by atoms with van der Waals surface area (Å²) in [6.07, 6.45) is 2.68. The highest BCUT2D eigenvalue weighted by Gasteiger charge is 2.21. The highest BCUT2D eigenvalue weighted by molar-refractivity contribution is 7.27. The molecule has 0 bridgehead atoms. The summed E-state index contributed by atoms with van der Waals surface area (Å²) in [6.45, 7) is 6.73. The summed E-state index contributed by atoms with van der Waals surface area (Å²) in [6, 6.07) is 13.0. The van der Waals surface area contributed by atoms with Crippen LogP contribution in [0.4, 0.5) is 8.78 Å². The Kier molecular flexibility index (Phi) is 7.11. The molecule has 0 spiro atoms. The van der Waals surface area contributed by atoms with Gasteiger partial charge in [0.05, 0.1) is 0 Å². The molecular weight excluding hydrogens is 373 g/mol. The maximum atomic E-state index is 14.5. The van der Waals surface area contributed by atoms with Gasteiger partial charge in [-0.25, -0.2) is 8.78 Å². The molecule has 0 aromatic heterocycles. The lowest BCUT2D eigenvalue weighted by Gasteiger charge is -2.18. The molecule has 0 aliphatic carbocycles. The van der Waals surface area contributed by atoms with Crippen molar-refractivity contribution in [3.05, 3.63) is 82.8 Å². The number of rotatable bonds is 7. The van der Waals surface area contributed by atoms with Crippen molar-refractivity contribution >= 4 is 20.1 Å². The number of benzene rings is 2. The molecule has 2 rings (SSSR count). The standard InChI is InChI=1S/C23H25F2N2P/c1-5-19(20(14-26)27-4)16-8-6-7-15(11-16)9-10-17-12-18(23(2,3)25)13-21(28)22(17)24/h5-8,11-13,27H,1,9-10,28H2,2-4H3/b20-19+. The van der Waals surface area contributed by atoms with Crippen LogP contribution in [0.5, 0.6) is 0 Å². The second-order valence-electron chi connectivity index (χ2n) is 7.07. The third-order valence-corrected chi connectivity index (χ3v) is 5.04. The number of halogens is 2. The predicted molar refractivity (Wildman–Crippen MR) is 116 cm³/mol. The van der Waals surface area contributed by atoms with E-state index in [0.717, 1.165) is 11.1 Å². The molecule has 2 aromatic carbocycles. The van der Waals surface area contributed by atoms with E-state index in [9.17, 15) is 14.0 Å². The Morgan fingerprint density at radius 1 is 1.29 bits per heavy atom. The normalized spacial score (nSPS) is 12.2. The van der Waals surface area contributed by atoms with E-state index >= 15 is 0 Å². The van der Waals surface area contributed by atoms with E-state index in [1.165, 1.54) is 19.9 Å². The molecule has 28 heavy (non-hydrogen) atoms. The zero-order valence-electron chi connectivity index (χ0n) is 16.4. The molecule has 146 valence electrons. The second kappa shape index (κ2) is 9.13. The van der Waals surface area contributed by atoms with E-state index in [-0.39, 0.29) is 5.82 Å². The van der Waals surface area contributed by atoms with E-state index in [0.29, 0.717) is 40.5 Å². The Bertz CT molecular complexity index is 950. The van der Waals surface area contributed by atoms with Crippen LogP contribution >= 0.6 is 9.24 Å². The lowest BCUT2D eigenvalue weighted by Crippen LogP contribution is -2.15. The number of nitrogens with zero attached hydrogens (tertiary/aromatic N) is 1. The maximum absolute atomic E-state index is 14.5. The lowest BCUT2D eigenvalue weighted by molar-refractivity contribution is 0.221. The summed E-state index contributed by atoms with van der Waals surface area (Å²) in [7, 11) is 4.03. The van der Waals surface area contributed by atoms with Crippen LogP contribution in [0.2, 0.25) is 0 Å². The smallest absolute Gasteiger partial charge is 0.133 e. The topological polar surface area (TPSA) is 35.8 Å². The van der Waals surface area contributed by atoms with Gasteiger partial charge in [-0.15, -0.1) is 9.24 Å². The summed E-state index contributed by atoms with van der Waals surface area (Å²) < 4.78 is 28.8. The molecule has 0 fully saturated rings. The Labute approximate surface area is 168 Å². The van der Waals surface area contributed by atoms with Gasteiger partial charge in [0.25, 0.3) is 0 Å². The number of hydrogen-bond acceptors (Lipinski definition) is 2. The van der Waals surface area contributed by atoms with Crippen LogP contribution in [0.1, 0.15) is 36.1 Å². The number of nitriles is 1. The maximum Gasteiger partial charge on any atom is 0.133 e. The minimum absolute atomic E-state index is 0.317. The monoisotopic (exact) mass is 398 g/mol. The van der Waals surface area contributed by atoms with Crippen LogP contribution in [-0.2, 0) is 18.5 Å². The first-order valence-electron chi connectivity index (χ1n) is 9.02. The summed E-state index contributed by atoms with van der Waals surface area (Å²) in [5.74, 6) is -0.317. The van der Waals surface area contributed by atoms with Gasteiger partial charge in [-0.05, 0) is 61.1 Å². The molecule has 1 unspecified atom stereocenters. The van der Waals surface area contributed by atoms with Crippen molar-refractivity contribution in [1.29, 1.82) is 5.26 Å². The fourth-order valence-electron chi connectivity index (χ4n) is 3.02. The summed E-state index contributed by atoms with van der Waals surface area (Å²) in [5.41, 5.74) is 2.44. The van der Waals surface area contributed by atoms with Crippen LogP contribution in [-0.4, -0.2) is 7.05 Å². The van der Waals surface area contributed by atoms with Crippen LogP contribution in [0, 0.1) is 17.1 Å². The van der Waals surface area contributed by atoms with Gasteiger partial charge in [0.15, 0.2) is 0 Å². The second-order valence-corrected chi connectivity index (χ2v) is 7.69. The van der Waals surface area contributed by atoms with Crippen molar-refractivity contribution in [2.45, 2.75) is 32.4 Å². The molecule has 1 N–H and O–H groups in total. The first kappa shape index (κ1) is 21.8. The van der Waals surface area contributed by atoms with Crippen LogP contribution in [0.3, 0.4) is 0 Å². The average molecular weight is 398 g/mol. The van der Waals surface area contributed by atoms with Gasteiger partial charge in [0, 0.05) is 17.9 Å². The van der Waals surface area contributed by atoms with Gasteiger partial charge in [-0.3, -0.25) is 0 Å². The van der Waals surface area contributed by atoms with Gasteiger partial charge in [0.2, 0.25) is 0 Å². The molecular formula is C23H25F2N2P. The van der Waals surface area contributed by atoms with Crippen molar-refractivity contribution in [1.82, 2.24) is 5.32 Å². The van der Waals surface area contributed by atoms with Crippen LogP contribution < -0.4 is 10.6 Å². The lowest BCUT2D eigenvalue weighted by atomic mass is 9.94. The quantitative estimate of drug-likeness (QED) is 0.407. The molecule has 0 aliphatic heterocycles. The number of allylic oxidation sites excluding steroid dienone is 3. The van der Waals surface area contributed by atoms with Crippen LogP contribution in [0.25, 0.3) is 5.57 Å². The molecule has 0 radical (unpaired) electrons. The summed E-state index contributed by atoms with van der Waals surface area (Å²) in [5, 5.41) is 12.5. The fourth-order valence-corrected chi connectivity index (χ4v) is 3.39. The molecule has 2 nitrogen and oxygen atoms in total. The fraction of sp³-hybridized carbons (Fsp3) is 0.261. The first-order chi connectivity index (χ1) is 13.2. The van der Waals surface area contributed by atoms with Gasteiger partial charge in [-0.2, -0.15) is 5.26 Å². The van der Waals surface area contributed by atoms with E-state index < -0.39 is 5.67 Å². The highest BCUT2D eigenvalue weighted by Crippen LogP contribution is 2.27. The number of nitrogens with one attached hydrogen (secondary N) is 1. The largest absolute Gasteiger partial charge is 0.379 e. The van der Waals surface area contributed by atoms with E-state index in [2.05, 4.69) is 27.2 Å². The third-order valence-electron chi connectivity index (χ3n) is 4.62. The Balaban J connectivity index is 2.32. The van der Waals surface area contributed by atoms with E-state index in [4.69, 9.17) is 0 Å². The zero-order chi connectivity index (χ0) is 20.9. The first-order valence-corrected chi connectivity index (χ1v) is 9.60. The molecule has 0 aliphatic rings. The van der Waals surface area contributed by atoms with E-state index in [1.807, 2.05) is 24.3 Å². The van der Waals surface area contributed by atoms with Crippen molar-refractivity contribution in [3.63, 3.8) is 0 Å². The number of alkyl halides is 1. The molecule has 0 saturated carbocycles. The summed E-state index contributed by atoms with van der Waals surface area (Å²) in [4.78, 5) is 0. The number of aryl methyl sites for hydroxylation is 2. The van der Waals surface area contributed by atoms with Crippen molar-refractivity contribution < 1.29 is 8.78 Å². The molecule has 0 amide bonds. The molecule has 0 heterocycles. The van der Waals surface area contributed by atoms with Gasteiger partial charge >= 0.3 is 0 Å². The molecule has 1 atom stereocenters. The van der Waals surface area contributed by atoms with Crippen LogP contribution in [0.15, 0.2) is 54.8 Å². The Morgan fingerprint density at radius 3 is 2.57 bits per heavy atom. The average Bonchev–Trinajstić information content (AvgIpc) is 2.66. The van der Waals surface area contributed by atoms with Crippen molar-refractivity contribution in [2.24, 2.45) is 0 Å². The van der Waals surface area contributed by atoms with Gasteiger partial charge in [0.1, 0.15) is 23.3 Å². The van der Waals surface area contributed by atoms with Crippen molar-refractivity contribution in [2.75, 3.05) is 7.05 Å². The third kappa shape index (κ3) is 5.06. The molecule has 0 saturated heterocycles. The Morgan fingerprint density at radius 2 is 2.00 bits per heavy atom. The minimum atomic E-state index is -1.53. The SMILES string of the molecule is C=C/C(=C(/C#N)NC)c1cccc(CCc2cc(C(C)(C)F)cc(P)c2F)c1. The predicted octanol–water partition coefficient (Wildman–Crippen LogP) is 4.96. The molecule has 2 aromatic rings. The highest BCUT2D eigenvalue weighted by atomic mass is 31.0. The molecule has 5 heteroatoms. The van der Waals surface area contributed by atoms with Crippen molar-refractivity contribution in [3.8, 4) is 6.07 Å². The minimum Gasteiger partial charge on any atom is -0.379 e.